The van der Waals surface area contributed by atoms with E-state index >= 15 is 0 Å². The van der Waals surface area contributed by atoms with Gasteiger partial charge in [0, 0.05) is 31.6 Å². The SMILES string of the molecule is CN(C)Cc1nnc(C2CCN(C(=O)c3onc4c3CCCC4)CC2)n1C. The zero-order valence-electron chi connectivity index (χ0n) is 16.4. The number of aromatic nitrogens is 4. The minimum atomic E-state index is -0.00429. The van der Waals surface area contributed by atoms with Crippen LogP contribution in [-0.2, 0) is 26.4 Å². The number of rotatable bonds is 4. The summed E-state index contributed by atoms with van der Waals surface area (Å²) in [6, 6.07) is 0. The minimum absolute atomic E-state index is 0.00429. The van der Waals surface area contributed by atoms with E-state index in [0.717, 1.165) is 81.1 Å². The quantitative estimate of drug-likeness (QED) is 0.814. The molecule has 1 aliphatic carbocycles. The second kappa shape index (κ2) is 7.42. The summed E-state index contributed by atoms with van der Waals surface area (Å²) >= 11 is 0. The Bertz CT molecular complexity index is 816. The van der Waals surface area contributed by atoms with E-state index in [4.69, 9.17) is 4.52 Å². The van der Waals surface area contributed by atoms with Crippen LogP contribution in [0.2, 0.25) is 0 Å². The molecule has 8 nitrogen and oxygen atoms in total. The number of carbonyl (C=O) groups is 1. The highest BCUT2D eigenvalue weighted by atomic mass is 16.5. The highest BCUT2D eigenvalue weighted by Gasteiger charge is 2.32. The van der Waals surface area contributed by atoms with E-state index in [0.29, 0.717) is 11.7 Å². The molecule has 0 saturated carbocycles. The first-order chi connectivity index (χ1) is 13.0. The van der Waals surface area contributed by atoms with Gasteiger partial charge in [0.05, 0.1) is 12.2 Å². The van der Waals surface area contributed by atoms with Crippen LogP contribution in [0, 0.1) is 0 Å². The molecule has 146 valence electrons. The third-order valence-electron chi connectivity index (χ3n) is 5.76. The average molecular weight is 372 g/mol. The van der Waals surface area contributed by atoms with Crippen LogP contribution in [-0.4, -0.2) is 62.8 Å². The molecule has 8 heteroatoms. The molecule has 0 atom stereocenters. The van der Waals surface area contributed by atoms with Crippen molar-refractivity contribution in [2.45, 2.75) is 51.0 Å². The zero-order chi connectivity index (χ0) is 19.0. The Morgan fingerprint density at radius 2 is 1.93 bits per heavy atom. The molecule has 4 rings (SSSR count). The van der Waals surface area contributed by atoms with E-state index in [9.17, 15) is 4.79 Å². The lowest BCUT2D eigenvalue weighted by atomic mass is 9.94. The van der Waals surface area contributed by atoms with Gasteiger partial charge in [-0.15, -0.1) is 10.2 Å². The van der Waals surface area contributed by atoms with E-state index in [1.165, 1.54) is 0 Å². The van der Waals surface area contributed by atoms with Crippen LogP contribution in [0.3, 0.4) is 0 Å². The van der Waals surface area contributed by atoms with Gasteiger partial charge >= 0.3 is 0 Å². The number of aryl methyl sites for hydroxylation is 1. The molecule has 2 aromatic heterocycles. The summed E-state index contributed by atoms with van der Waals surface area (Å²) in [5, 5.41) is 12.9. The van der Waals surface area contributed by atoms with Gasteiger partial charge in [-0.1, -0.05) is 5.16 Å². The summed E-state index contributed by atoms with van der Waals surface area (Å²) in [6.07, 6.45) is 5.87. The Morgan fingerprint density at radius 1 is 1.19 bits per heavy atom. The van der Waals surface area contributed by atoms with Crippen molar-refractivity contribution < 1.29 is 9.32 Å². The molecule has 0 bridgehead atoms. The predicted octanol–water partition coefficient (Wildman–Crippen LogP) is 1.76. The standard InChI is InChI=1S/C19H28N6O2/c1-23(2)12-16-20-21-18(24(16)3)13-8-10-25(11-9-13)19(26)17-14-6-4-5-7-15(14)22-27-17/h13H,4-12H2,1-3H3. The summed E-state index contributed by atoms with van der Waals surface area (Å²) in [4.78, 5) is 16.9. The maximum Gasteiger partial charge on any atom is 0.292 e. The van der Waals surface area contributed by atoms with Crippen molar-refractivity contribution in [3.63, 3.8) is 0 Å². The van der Waals surface area contributed by atoms with Crippen molar-refractivity contribution >= 4 is 5.91 Å². The average Bonchev–Trinajstić information content (AvgIpc) is 3.25. The third-order valence-corrected chi connectivity index (χ3v) is 5.76. The maximum absolute atomic E-state index is 12.9. The normalized spacial score (nSPS) is 18.1. The van der Waals surface area contributed by atoms with Gasteiger partial charge in [0.15, 0.2) is 0 Å². The van der Waals surface area contributed by atoms with E-state index in [2.05, 4.69) is 24.8 Å². The first-order valence-corrected chi connectivity index (χ1v) is 9.84. The molecule has 0 spiro atoms. The van der Waals surface area contributed by atoms with Crippen molar-refractivity contribution in [1.29, 1.82) is 0 Å². The molecular weight excluding hydrogens is 344 g/mol. The van der Waals surface area contributed by atoms with Gasteiger partial charge in [0.1, 0.15) is 11.6 Å². The topological polar surface area (TPSA) is 80.3 Å². The van der Waals surface area contributed by atoms with Gasteiger partial charge in [-0.05, 0) is 52.6 Å². The van der Waals surface area contributed by atoms with Crippen molar-refractivity contribution in [3.8, 4) is 0 Å². The number of nitrogens with zero attached hydrogens (tertiary/aromatic N) is 6. The molecule has 2 aliphatic rings. The summed E-state index contributed by atoms with van der Waals surface area (Å²) < 4.78 is 7.54. The van der Waals surface area contributed by atoms with Crippen LogP contribution in [0.5, 0.6) is 0 Å². The Kier molecular flexibility index (Phi) is 4.99. The van der Waals surface area contributed by atoms with Gasteiger partial charge in [-0.2, -0.15) is 0 Å². The lowest BCUT2D eigenvalue weighted by Crippen LogP contribution is -2.38. The van der Waals surface area contributed by atoms with Crippen molar-refractivity contribution in [2.24, 2.45) is 7.05 Å². The van der Waals surface area contributed by atoms with Crippen LogP contribution >= 0.6 is 0 Å². The molecule has 0 aromatic carbocycles. The molecule has 27 heavy (non-hydrogen) atoms. The number of hydrogen-bond acceptors (Lipinski definition) is 6. The number of likely N-dealkylation sites (tertiary alicyclic amines) is 1. The summed E-state index contributed by atoms with van der Waals surface area (Å²) in [6.45, 7) is 2.21. The van der Waals surface area contributed by atoms with Crippen LogP contribution in [0.15, 0.2) is 4.52 Å². The molecule has 1 amide bonds. The Balaban J connectivity index is 1.41. The van der Waals surface area contributed by atoms with E-state index in [1.54, 1.807) is 0 Å². The predicted molar refractivity (Wildman–Crippen MR) is 99.4 cm³/mol. The van der Waals surface area contributed by atoms with E-state index in [1.807, 2.05) is 26.0 Å². The van der Waals surface area contributed by atoms with Gasteiger partial charge in [0.2, 0.25) is 5.76 Å². The first-order valence-electron chi connectivity index (χ1n) is 9.84. The molecule has 0 N–H and O–H groups in total. The van der Waals surface area contributed by atoms with Gasteiger partial charge < -0.3 is 18.9 Å². The second-order valence-corrected chi connectivity index (χ2v) is 7.98. The van der Waals surface area contributed by atoms with E-state index in [-0.39, 0.29) is 5.91 Å². The molecule has 3 heterocycles. The largest absolute Gasteiger partial charge is 0.350 e. The molecular formula is C19H28N6O2. The Labute approximate surface area is 159 Å². The van der Waals surface area contributed by atoms with Crippen molar-refractivity contribution in [1.82, 2.24) is 29.7 Å². The van der Waals surface area contributed by atoms with Crippen molar-refractivity contribution in [2.75, 3.05) is 27.2 Å². The highest BCUT2D eigenvalue weighted by molar-refractivity contribution is 5.93. The molecule has 0 radical (unpaired) electrons. The fourth-order valence-electron chi connectivity index (χ4n) is 4.19. The van der Waals surface area contributed by atoms with Crippen LogP contribution < -0.4 is 0 Å². The summed E-state index contributed by atoms with van der Waals surface area (Å²) in [5.41, 5.74) is 2.02. The van der Waals surface area contributed by atoms with Gasteiger partial charge in [-0.25, -0.2) is 0 Å². The lowest BCUT2D eigenvalue weighted by molar-refractivity contribution is 0.0667. The number of piperidine rings is 1. The van der Waals surface area contributed by atoms with E-state index < -0.39 is 0 Å². The number of amides is 1. The number of fused-ring (bicyclic) bond motifs is 1. The second-order valence-electron chi connectivity index (χ2n) is 7.98. The summed E-state index contributed by atoms with van der Waals surface area (Å²) in [5.74, 6) is 2.80. The Hall–Kier alpha value is -2.22. The smallest absolute Gasteiger partial charge is 0.292 e. The maximum atomic E-state index is 12.9. The van der Waals surface area contributed by atoms with Gasteiger partial charge in [-0.3, -0.25) is 4.79 Å². The molecule has 0 unspecified atom stereocenters. The summed E-state index contributed by atoms with van der Waals surface area (Å²) in [7, 11) is 6.09. The molecule has 1 fully saturated rings. The fourth-order valence-corrected chi connectivity index (χ4v) is 4.19. The van der Waals surface area contributed by atoms with Crippen molar-refractivity contribution in [3.05, 3.63) is 28.7 Å². The van der Waals surface area contributed by atoms with Crippen LogP contribution in [0.1, 0.15) is 65.1 Å². The zero-order valence-corrected chi connectivity index (χ0v) is 16.4. The number of carbonyl (C=O) groups excluding carboxylic acids is 1. The minimum Gasteiger partial charge on any atom is -0.350 e. The Morgan fingerprint density at radius 3 is 2.67 bits per heavy atom. The highest BCUT2D eigenvalue weighted by Crippen LogP contribution is 2.30. The molecule has 1 saturated heterocycles. The lowest BCUT2D eigenvalue weighted by Gasteiger charge is -2.31. The van der Waals surface area contributed by atoms with Gasteiger partial charge in [0.25, 0.3) is 5.91 Å². The number of hydrogen-bond donors (Lipinski definition) is 0. The van der Waals surface area contributed by atoms with Crippen LogP contribution in [0.4, 0.5) is 0 Å². The third kappa shape index (κ3) is 3.50. The fraction of sp³-hybridized carbons (Fsp3) is 0.684. The molecule has 2 aromatic rings. The van der Waals surface area contributed by atoms with Crippen LogP contribution in [0.25, 0.3) is 0 Å². The molecule has 1 aliphatic heterocycles. The first kappa shape index (κ1) is 18.2. The monoisotopic (exact) mass is 372 g/mol.